The highest BCUT2D eigenvalue weighted by Crippen LogP contribution is 2.18. The van der Waals surface area contributed by atoms with Gasteiger partial charge in [0.15, 0.2) is 11.6 Å². The minimum Gasteiger partial charge on any atom is -0.494 e. The molecule has 0 aliphatic carbocycles. The number of halogens is 1. The van der Waals surface area contributed by atoms with E-state index in [0.29, 0.717) is 17.7 Å². The second-order valence-electron chi connectivity index (χ2n) is 6.36. The molecule has 0 aliphatic rings. The molecule has 0 saturated carbocycles. The highest BCUT2D eigenvalue weighted by atomic mass is 19.1. The molecule has 5 nitrogen and oxygen atoms in total. The second-order valence-corrected chi connectivity index (χ2v) is 6.36. The molecule has 2 aromatic rings. The number of benzene rings is 2. The predicted molar refractivity (Wildman–Crippen MR) is 102 cm³/mol. The number of hydrogen-bond acceptors (Lipinski definition) is 3. The number of nitrogens with zero attached hydrogens (tertiary/aromatic N) is 1. The molecule has 0 radical (unpaired) electrons. The van der Waals surface area contributed by atoms with Gasteiger partial charge in [0.05, 0.1) is 13.7 Å². The Hall–Kier alpha value is -2.89. The van der Waals surface area contributed by atoms with Crippen LogP contribution in [-0.4, -0.2) is 36.9 Å². The fourth-order valence-electron chi connectivity index (χ4n) is 2.66. The van der Waals surface area contributed by atoms with Crippen molar-refractivity contribution in [2.24, 2.45) is 0 Å². The molecule has 144 valence electrons. The Morgan fingerprint density at radius 3 is 2.44 bits per heavy atom. The van der Waals surface area contributed by atoms with E-state index in [1.165, 1.54) is 19.2 Å². The van der Waals surface area contributed by atoms with Gasteiger partial charge in [-0.1, -0.05) is 12.1 Å². The fourth-order valence-corrected chi connectivity index (χ4v) is 2.66. The van der Waals surface area contributed by atoms with E-state index in [4.69, 9.17) is 4.74 Å². The van der Waals surface area contributed by atoms with Gasteiger partial charge in [-0.05, 0) is 61.7 Å². The summed E-state index contributed by atoms with van der Waals surface area (Å²) >= 11 is 0. The number of amides is 2. The van der Waals surface area contributed by atoms with Crippen molar-refractivity contribution < 1.29 is 18.7 Å². The Bertz CT molecular complexity index is 836. The van der Waals surface area contributed by atoms with Crippen LogP contribution < -0.4 is 10.1 Å². The molecule has 2 amide bonds. The number of methoxy groups -OCH3 is 1. The molecule has 0 bridgehead atoms. The maximum Gasteiger partial charge on any atom is 0.251 e. The average molecular weight is 372 g/mol. The lowest BCUT2D eigenvalue weighted by atomic mass is 10.1. The molecule has 0 heterocycles. The quantitative estimate of drug-likeness (QED) is 0.812. The monoisotopic (exact) mass is 372 g/mol. The normalized spacial score (nSPS) is 10.4. The van der Waals surface area contributed by atoms with E-state index in [1.807, 2.05) is 26.8 Å². The number of hydrogen-bond donors (Lipinski definition) is 1. The van der Waals surface area contributed by atoms with Crippen molar-refractivity contribution in [2.45, 2.75) is 27.3 Å². The predicted octanol–water partition coefficient (Wildman–Crippen LogP) is 3.23. The van der Waals surface area contributed by atoms with E-state index in [0.717, 1.165) is 11.1 Å². The number of aryl methyl sites for hydroxylation is 2. The van der Waals surface area contributed by atoms with Crippen molar-refractivity contribution in [3.8, 4) is 5.75 Å². The van der Waals surface area contributed by atoms with E-state index < -0.39 is 5.82 Å². The lowest BCUT2D eigenvalue weighted by molar-refractivity contribution is -0.130. The molecule has 27 heavy (non-hydrogen) atoms. The summed E-state index contributed by atoms with van der Waals surface area (Å²) in [6.45, 7) is 6.34. The number of carbonyl (C=O) groups is 2. The molecule has 0 atom stereocenters. The van der Waals surface area contributed by atoms with Crippen LogP contribution in [0.5, 0.6) is 5.75 Å². The molecule has 0 aromatic heterocycles. The summed E-state index contributed by atoms with van der Waals surface area (Å²) < 4.78 is 18.7. The molecule has 2 rings (SSSR count). The van der Waals surface area contributed by atoms with E-state index >= 15 is 0 Å². The maximum atomic E-state index is 13.8. The van der Waals surface area contributed by atoms with E-state index in [9.17, 15) is 14.0 Å². The van der Waals surface area contributed by atoms with Gasteiger partial charge < -0.3 is 15.0 Å². The summed E-state index contributed by atoms with van der Waals surface area (Å²) in [5.74, 6) is -0.834. The lowest BCUT2D eigenvalue weighted by Crippen LogP contribution is -2.39. The van der Waals surface area contributed by atoms with Gasteiger partial charge in [0, 0.05) is 18.7 Å². The molecule has 0 unspecified atom stereocenters. The first-order chi connectivity index (χ1) is 12.8. The van der Waals surface area contributed by atoms with Crippen LogP contribution in [0, 0.1) is 19.7 Å². The first-order valence-corrected chi connectivity index (χ1v) is 8.81. The zero-order valence-electron chi connectivity index (χ0n) is 16.1. The molecular formula is C21H25FN2O3. The molecular weight excluding hydrogens is 347 g/mol. The van der Waals surface area contributed by atoms with E-state index in [2.05, 4.69) is 5.32 Å². The van der Waals surface area contributed by atoms with Crippen LogP contribution in [-0.2, 0) is 11.3 Å². The Morgan fingerprint density at radius 2 is 1.85 bits per heavy atom. The van der Waals surface area contributed by atoms with Crippen molar-refractivity contribution in [1.82, 2.24) is 10.2 Å². The van der Waals surface area contributed by atoms with Crippen molar-refractivity contribution >= 4 is 11.8 Å². The standard InChI is InChI=1S/C21H25FN2O3/c1-5-24(13-16-7-9-19(27-4)18(22)11-16)20(25)12-23-21(26)17-8-6-14(2)15(3)10-17/h6-11H,5,12-13H2,1-4H3,(H,23,26). The van der Waals surface area contributed by atoms with Crippen LogP contribution in [0.1, 0.15) is 34.0 Å². The number of ether oxygens (including phenoxy) is 1. The topological polar surface area (TPSA) is 58.6 Å². The average Bonchev–Trinajstić information content (AvgIpc) is 2.66. The Balaban J connectivity index is 1.97. The van der Waals surface area contributed by atoms with Gasteiger partial charge in [0.2, 0.25) is 5.91 Å². The van der Waals surface area contributed by atoms with Gasteiger partial charge >= 0.3 is 0 Å². The van der Waals surface area contributed by atoms with Crippen LogP contribution in [0.15, 0.2) is 36.4 Å². The number of carbonyl (C=O) groups excluding carboxylic acids is 2. The molecule has 1 N–H and O–H groups in total. The highest BCUT2D eigenvalue weighted by molar-refractivity contribution is 5.96. The van der Waals surface area contributed by atoms with Gasteiger partial charge in [-0.3, -0.25) is 9.59 Å². The van der Waals surface area contributed by atoms with Gasteiger partial charge in [-0.2, -0.15) is 0 Å². The molecule has 0 spiro atoms. The zero-order valence-corrected chi connectivity index (χ0v) is 16.1. The number of likely N-dealkylation sites (N-methyl/N-ethyl adjacent to an activating group) is 1. The summed E-state index contributed by atoms with van der Waals surface area (Å²) in [5.41, 5.74) is 3.30. The third kappa shape index (κ3) is 5.29. The summed E-state index contributed by atoms with van der Waals surface area (Å²) in [6.07, 6.45) is 0. The summed E-state index contributed by atoms with van der Waals surface area (Å²) in [5, 5.41) is 2.65. The minimum absolute atomic E-state index is 0.113. The second kappa shape index (κ2) is 9.16. The van der Waals surface area contributed by atoms with Crippen molar-refractivity contribution in [3.05, 3.63) is 64.5 Å². The molecule has 6 heteroatoms. The molecule has 0 aliphatic heterocycles. The third-order valence-corrected chi connectivity index (χ3v) is 4.49. The number of nitrogens with one attached hydrogen (secondary N) is 1. The van der Waals surface area contributed by atoms with E-state index in [1.54, 1.807) is 23.1 Å². The zero-order chi connectivity index (χ0) is 20.0. The minimum atomic E-state index is -0.471. The van der Waals surface area contributed by atoms with Crippen LogP contribution in [0.25, 0.3) is 0 Å². The van der Waals surface area contributed by atoms with Gasteiger partial charge in [0.25, 0.3) is 5.91 Å². The number of rotatable bonds is 7. The van der Waals surface area contributed by atoms with Gasteiger partial charge in [-0.25, -0.2) is 4.39 Å². The fraction of sp³-hybridized carbons (Fsp3) is 0.333. The Morgan fingerprint density at radius 1 is 1.11 bits per heavy atom. The first-order valence-electron chi connectivity index (χ1n) is 8.81. The Labute approximate surface area is 159 Å². The lowest BCUT2D eigenvalue weighted by Gasteiger charge is -2.21. The highest BCUT2D eigenvalue weighted by Gasteiger charge is 2.15. The van der Waals surface area contributed by atoms with Crippen LogP contribution in [0.2, 0.25) is 0 Å². The molecule has 2 aromatic carbocycles. The first kappa shape index (κ1) is 20.4. The van der Waals surface area contributed by atoms with Crippen molar-refractivity contribution in [1.29, 1.82) is 0 Å². The van der Waals surface area contributed by atoms with Gasteiger partial charge in [0.1, 0.15) is 0 Å². The Kier molecular flexibility index (Phi) is 6.93. The van der Waals surface area contributed by atoms with Gasteiger partial charge in [-0.15, -0.1) is 0 Å². The van der Waals surface area contributed by atoms with Crippen LogP contribution in [0.4, 0.5) is 4.39 Å². The third-order valence-electron chi connectivity index (χ3n) is 4.49. The smallest absolute Gasteiger partial charge is 0.251 e. The van der Waals surface area contributed by atoms with Crippen molar-refractivity contribution in [3.63, 3.8) is 0 Å². The summed E-state index contributed by atoms with van der Waals surface area (Å²) in [7, 11) is 1.40. The van der Waals surface area contributed by atoms with Crippen molar-refractivity contribution in [2.75, 3.05) is 20.2 Å². The molecule has 0 fully saturated rings. The maximum absolute atomic E-state index is 13.8. The van der Waals surface area contributed by atoms with Crippen LogP contribution >= 0.6 is 0 Å². The SMILES string of the molecule is CCN(Cc1ccc(OC)c(F)c1)C(=O)CNC(=O)c1ccc(C)c(C)c1. The summed E-state index contributed by atoms with van der Waals surface area (Å²) in [6, 6.07) is 10.0. The van der Waals surface area contributed by atoms with E-state index in [-0.39, 0.29) is 30.7 Å². The largest absolute Gasteiger partial charge is 0.494 e. The van der Waals surface area contributed by atoms with Crippen LogP contribution in [0.3, 0.4) is 0 Å². The summed E-state index contributed by atoms with van der Waals surface area (Å²) in [4.78, 5) is 26.2. The molecule has 0 saturated heterocycles.